The number of likely N-dealkylation sites (tertiary alicyclic amines) is 1. The molecule has 2 rings (SSSR count). The summed E-state index contributed by atoms with van der Waals surface area (Å²) >= 11 is 0. The first-order chi connectivity index (χ1) is 9.49. The molecular weight excluding hydrogens is 261 g/mol. The maximum Gasteiger partial charge on any atom is 0.263 e. The number of halogens is 1. The lowest BCUT2D eigenvalue weighted by atomic mass is 10.1. The summed E-state index contributed by atoms with van der Waals surface area (Å²) in [5.74, 6) is -0.969. The Morgan fingerprint density at radius 3 is 2.50 bits per heavy atom. The second-order valence-electron chi connectivity index (χ2n) is 4.99. The minimum absolute atomic E-state index is 0.00459. The van der Waals surface area contributed by atoms with Gasteiger partial charge in [-0.2, -0.15) is 0 Å². The normalized spacial score (nSPS) is 16.1. The second kappa shape index (κ2) is 6.03. The highest BCUT2D eigenvalue weighted by Gasteiger charge is 2.25. The van der Waals surface area contributed by atoms with E-state index in [0.717, 1.165) is 32.0 Å². The van der Waals surface area contributed by atoms with E-state index in [1.807, 2.05) is 0 Å². The van der Waals surface area contributed by atoms with Crippen LogP contribution in [0.1, 0.15) is 37.0 Å². The minimum atomic E-state index is -0.731. The van der Waals surface area contributed by atoms with Gasteiger partial charge in [-0.1, -0.05) is 0 Å². The summed E-state index contributed by atoms with van der Waals surface area (Å²) in [6.07, 6.45) is 1.27. The highest BCUT2D eigenvalue weighted by atomic mass is 19.1. The highest BCUT2D eigenvalue weighted by Crippen LogP contribution is 2.21. The van der Waals surface area contributed by atoms with Crippen molar-refractivity contribution in [2.45, 2.75) is 32.8 Å². The third-order valence-electron chi connectivity index (χ3n) is 3.41. The second-order valence-corrected chi connectivity index (χ2v) is 4.99. The van der Waals surface area contributed by atoms with E-state index in [1.54, 1.807) is 11.8 Å². The van der Waals surface area contributed by atoms with E-state index in [0.29, 0.717) is 0 Å². The Balaban J connectivity index is 2.05. The molecule has 1 aliphatic rings. The van der Waals surface area contributed by atoms with Gasteiger partial charge in [-0.05, 0) is 44.9 Å². The molecule has 0 bridgehead atoms. The van der Waals surface area contributed by atoms with Gasteiger partial charge < -0.3 is 9.64 Å². The predicted octanol–water partition coefficient (Wildman–Crippen LogP) is 2.42. The van der Waals surface area contributed by atoms with Crippen molar-refractivity contribution in [2.75, 3.05) is 13.1 Å². The number of ketones is 1. The van der Waals surface area contributed by atoms with Crippen molar-refractivity contribution in [3.05, 3.63) is 29.6 Å². The molecule has 1 fully saturated rings. The molecule has 0 saturated carbocycles. The van der Waals surface area contributed by atoms with E-state index in [-0.39, 0.29) is 23.0 Å². The van der Waals surface area contributed by atoms with Gasteiger partial charge in [-0.3, -0.25) is 9.59 Å². The van der Waals surface area contributed by atoms with Gasteiger partial charge in [0.15, 0.2) is 23.5 Å². The molecule has 1 amide bonds. The number of carbonyl (C=O) groups excluding carboxylic acids is 2. The summed E-state index contributed by atoms with van der Waals surface area (Å²) in [5, 5.41) is 0. The molecule has 1 heterocycles. The summed E-state index contributed by atoms with van der Waals surface area (Å²) in [4.78, 5) is 24.9. The number of carbonyl (C=O) groups is 2. The topological polar surface area (TPSA) is 46.6 Å². The third-order valence-corrected chi connectivity index (χ3v) is 3.41. The molecule has 5 heteroatoms. The van der Waals surface area contributed by atoms with Crippen molar-refractivity contribution >= 4 is 11.7 Å². The van der Waals surface area contributed by atoms with E-state index < -0.39 is 11.9 Å². The number of rotatable bonds is 4. The van der Waals surface area contributed by atoms with Crippen LogP contribution in [0, 0.1) is 5.82 Å². The monoisotopic (exact) mass is 279 g/mol. The zero-order chi connectivity index (χ0) is 14.7. The molecular formula is C15H18FNO3. The van der Waals surface area contributed by atoms with Gasteiger partial charge in [0.1, 0.15) is 0 Å². The first-order valence-corrected chi connectivity index (χ1v) is 6.75. The van der Waals surface area contributed by atoms with Crippen LogP contribution in [-0.4, -0.2) is 35.8 Å². The summed E-state index contributed by atoms with van der Waals surface area (Å²) in [6.45, 7) is 4.45. The van der Waals surface area contributed by atoms with E-state index in [2.05, 4.69) is 0 Å². The fourth-order valence-electron chi connectivity index (χ4n) is 2.25. The first kappa shape index (κ1) is 14.5. The molecule has 1 unspecified atom stereocenters. The van der Waals surface area contributed by atoms with E-state index >= 15 is 0 Å². The molecule has 1 aromatic carbocycles. The smallest absolute Gasteiger partial charge is 0.263 e. The molecule has 0 radical (unpaired) electrons. The van der Waals surface area contributed by atoms with Crippen LogP contribution < -0.4 is 4.74 Å². The first-order valence-electron chi connectivity index (χ1n) is 6.75. The number of hydrogen-bond donors (Lipinski definition) is 0. The van der Waals surface area contributed by atoms with Crippen molar-refractivity contribution in [1.82, 2.24) is 4.90 Å². The Labute approximate surface area is 117 Å². The van der Waals surface area contributed by atoms with Crippen LogP contribution in [0.4, 0.5) is 4.39 Å². The summed E-state index contributed by atoms with van der Waals surface area (Å²) in [5.41, 5.74) is 0.286. The lowest BCUT2D eigenvalue weighted by molar-refractivity contribution is -0.136. The molecule has 0 aromatic heterocycles. The molecule has 1 atom stereocenters. The van der Waals surface area contributed by atoms with Crippen LogP contribution in [0.5, 0.6) is 5.75 Å². The molecule has 1 aromatic rings. The van der Waals surface area contributed by atoms with Gasteiger partial charge in [0.05, 0.1) is 0 Å². The van der Waals surface area contributed by atoms with Gasteiger partial charge in [-0.15, -0.1) is 0 Å². The number of ether oxygens (including phenoxy) is 1. The quantitative estimate of drug-likeness (QED) is 0.795. The van der Waals surface area contributed by atoms with E-state index in [4.69, 9.17) is 4.74 Å². The van der Waals surface area contributed by atoms with Crippen LogP contribution in [0.3, 0.4) is 0 Å². The summed E-state index contributed by atoms with van der Waals surface area (Å²) < 4.78 is 19.2. The fraction of sp³-hybridized carbons (Fsp3) is 0.467. The number of nitrogens with zero attached hydrogens (tertiary/aromatic N) is 1. The molecule has 0 aliphatic carbocycles. The molecule has 0 N–H and O–H groups in total. The molecule has 0 spiro atoms. The van der Waals surface area contributed by atoms with Gasteiger partial charge in [-0.25, -0.2) is 4.39 Å². The van der Waals surface area contributed by atoms with Crippen LogP contribution in [0.15, 0.2) is 18.2 Å². The Hall–Kier alpha value is -1.91. The Kier molecular flexibility index (Phi) is 4.37. The molecule has 1 saturated heterocycles. The Morgan fingerprint density at radius 2 is 1.95 bits per heavy atom. The molecule has 4 nitrogen and oxygen atoms in total. The standard InChI is InChI=1S/C15H18FNO3/c1-10(18)12-5-6-14(13(16)9-12)20-11(2)15(19)17-7-3-4-8-17/h5-6,9,11H,3-4,7-8H2,1-2H3. The Morgan fingerprint density at radius 1 is 1.30 bits per heavy atom. The number of hydrogen-bond acceptors (Lipinski definition) is 3. The van der Waals surface area contributed by atoms with Crippen LogP contribution in [0.2, 0.25) is 0 Å². The Bertz CT molecular complexity index is 524. The zero-order valence-electron chi connectivity index (χ0n) is 11.7. The number of amides is 1. The summed E-state index contributed by atoms with van der Waals surface area (Å²) in [7, 11) is 0. The van der Waals surface area contributed by atoms with E-state index in [9.17, 15) is 14.0 Å². The van der Waals surface area contributed by atoms with Crippen LogP contribution >= 0.6 is 0 Å². The maximum atomic E-state index is 13.8. The fourth-order valence-corrected chi connectivity index (χ4v) is 2.25. The maximum absolute atomic E-state index is 13.8. The predicted molar refractivity (Wildman–Crippen MR) is 72.3 cm³/mol. The van der Waals surface area contributed by atoms with Gasteiger partial charge in [0.2, 0.25) is 0 Å². The van der Waals surface area contributed by atoms with E-state index in [1.165, 1.54) is 19.1 Å². The molecule has 1 aliphatic heterocycles. The van der Waals surface area contributed by atoms with Crippen molar-refractivity contribution in [3.8, 4) is 5.75 Å². The molecule has 108 valence electrons. The summed E-state index contributed by atoms with van der Waals surface area (Å²) in [6, 6.07) is 4.01. The van der Waals surface area contributed by atoms with Crippen molar-refractivity contribution in [3.63, 3.8) is 0 Å². The van der Waals surface area contributed by atoms with Gasteiger partial charge in [0.25, 0.3) is 5.91 Å². The number of benzene rings is 1. The largest absolute Gasteiger partial charge is 0.478 e. The van der Waals surface area contributed by atoms with Crippen molar-refractivity contribution in [2.24, 2.45) is 0 Å². The minimum Gasteiger partial charge on any atom is -0.478 e. The lowest BCUT2D eigenvalue weighted by Gasteiger charge is -2.21. The van der Waals surface area contributed by atoms with Crippen molar-refractivity contribution in [1.29, 1.82) is 0 Å². The molecule has 20 heavy (non-hydrogen) atoms. The number of Topliss-reactive ketones (excluding diaryl/α,β-unsaturated/α-hetero) is 1. The van der Waals surface area contributed by atoms with Crippen LogP contribution in [-0.2, 0) is 4.79 Å². The SMILES string of the molecule is CC(=O)c1ccc(OC(C)C(=O)N2CCCC2)c(F)c1. The highest BCUT2D eigenvalue weighted by molar-refractivity contribution is 5.94. The van der Waals surface area contributed by atoms with Crippen molar-refractivity contribution < 1.29 is 18.7 Å². The third kappa shape index (κ3) is 3.15. The average molecular weight is 279 g/mol. The lowest BCUT2D eigenvalue weighted by Crippen LogP contribution is -2.38. The van der Waals surface area contributed by atoms with Gasteiger partial charge >= 0.3 is 0 Å². The average Bonchev–Trinajstić information content (AvgIpc) is 2.93. The van der Waals surface area contributed by atoms with Gasteiger partial charge in [0, 0.05) is 18.7 Å². The zero-order valence-corrected chi connectivity index (χ0v) is 11.7. The van der Waals surface area contributed by atoms with Crippen LogP contribution in [0.25, 0.3) is 0 Å².